The van der Waals surface area contributed by atoms with Gasteiger partial charge >= 0.3 is 5.97 Å². The maximum atomic E-state index is 11.6. The van der Waals surface area contributed by atoms with E-state index < -0.39 is 5.97 Å². The van der Waals surface area contributed by atoms with E-state index in [0.717, 1.165) is 5.56 Å². The molecule has 0 aliphatic rings. The van der Waals surface area contributed by atoms with Gasteiger partial charge in [0.05, 0.1) is 0 Å². The minimum atomic E-state index is -0.852. The van der Waals surface area contributed by atoms with Gasteiger partial charge in [-0.3, -0.25) is 14.4 Å². The van der Waals surface area contributed by atoms with Gasteiger partial charge in [0, 0.05) is 32.0 Å². The Labute approximate surface area is 117 Å². The smallest absolute Gasteiger partial charge is 0.303 e. The first-order valence-electron chi connectivity index (χ1n) is 6.32. The zero-order valence-electron chi connectivity index (χ0n) is 11.3. The number of hydrogen-bond donors (Lipinski definition) is 3. The van der Waals surface area contributed by atoms with E-state index in [0.29, 0.717) is 18.7 Å². The van der Waals surface area contributed by atoms with Crippen molar-refractivity contribution in [1.29, 1.82) is 0 Å². The van der Waals surface area contributed by atoms with Crippen LogP contribution in [0, 0.1) is 0 Å². The molecule has 1 rings (SSSR count). The fraction of sp³-hybridized carbons (Fsp3) is 0.357. The van der Waals surface area contributed by atoms with Crippen molar-refractivity contribution in [2.45, 2.75) is 26.2 Å². The summed E-state index contributed by atoms with van der Waals surface area (Å²) in [6, 6.07) is 7.07. The monoisotopic (exact) mass is 278 g/mol. The van der Waals surface area contributed by atoms with Gasteiger partial charge in [-0.1, -0.05) is 12.1 Å². The van der Waals surface area contributed by atoms with E-state index in [-0.39, 0.29) is 24.7 Å². The predicted octanol–water partition coefficient (Wildman–Crippen LogP) is 1.17. The topological polar surface area (TPSA) is 95.5 Å². The summed E-state index contributed by atoms with van der Waals surface area (Å²) in [5.41, 5.74) is 1.48. The van der Waals surface area contributed by atoms with Gasteiger partial charge in [-0.25, -0.2) is 0 Å². The first kappa shape index (κ1) is 15.7. The molecule has 0 unspecified atom stereocenters. The summed E-state index contributed by atoms with van der Waals surface area (Å²) in [5, 5.41) is 13.9. The number of carbonyl (C=O) groups is 3. The molecule has 3 N–H and O–H groups in total. The molecule has 0 fully saturated rings. The van der Waals surface area contributed by atoms with E-state index in [9.17, 15) is 14.4 Å². The second-order valence-electron chi connectivity index (χ2n) is 4.38. The predicted molar refractivity (Wildman–Crippen MR) is 74.3 cm³/mol. The molecule has 0 aromatic heterocycles. The number of amides is 2. The summed E-state index contributed by atoms with van der Waals surface area (Å²) in [4.78, 5) is 32.8. The van der Waals surface area contributed by atoms with Crippen LogP contribution in [0.3, 0.4) is 0 Å². The van der Waals surface area contributed by atoms with Crippen molar-refractivity contribution in [3.63, 3.8) is 0 Å². The average Bonchev–Trinajstić information content (AvgIpc) is 2.36. The summed E-state index contributed by atoms with van der Waals surface area (Å²) in [6.45, 7) is 1.68. The number of carboxylic acids is 1. The molecule has 0 aliphatic heterocycles. The number of benzene rings is 1. The number of hydrogen-bond acceptors (Lipinski definition) is 3. The van der Waals surface area contributed by atoms with E-state index in [2.05, 4.69) is 10.6 Å². The van der Waals surface area contributed by atoms with Crippen LogP contribution >= 0.6 is 0 Å². The Kier molecular flexibility index (Phi) is 6.22. The maximum Gasteiger partial charge on any atom is 0.303 e. The van der Waals surface area contributed by atoms with Crippen molar-refractivity contribution < 1.29 is 19.5 Å². The largest absolute Gasteiger partial charge is 0.481 e. The highest BCUT2D eigenvalue weighted by Crippen LogP contribution is 2.12. The Bertz CT molecular complexity index is 500. The van der Waals surface area contributed by atoms with Crippen LogP contribution in [-0.2, 0) is 20.8 Å². The first-order chi connectivity index (χ1) is 9.47. The van der Waals surface area contributed by atoms with Crippen LogP contribution in [-0.4, -0.2) is 29.4 Å². The Morgan fingerprint density at radius 2 is 1.95 bits per heavy atom. The second kappa shape index (κ2) is 7.93. The fourth-order valence-electron chi connectivity index (χ4n) is 1.63. The SMILES string of the molecule is CC(=O)NCCC(=O)Nc1cccc(CCC(=O)O)c1. The van der Waals surface area contributed by atoms with Gasteiger partial charge in [-0.15, -0.1) is 0 Å². The van der Waals surface area contributed by atoms with Crippen LogP contribution in [0.4, 0.5) is 5.69 Å². The molecule has 0 atom stereocenters. The third-order valence-corrected chi connectivity index (χ3v) is 2.56. The number of aryl methyl sites for hydroxylation is 1. The number of carbonyl (C=O) groups excluding carboxylic acids is 2. The van der Waals surface area contributed by atoms with Crippen molar-refractivity contribution in [3.05, 3.63) is 29.8 Å². The molecule has 6 heteroatoms. The standard InChI is InChI=1S/C14H18N2O4/c1-10(17)15-8-7-13(18)16-12-4-2-3-11(9-12)5-6-14(19)20/h2-4,9H,5-8H2,1H3,(H,15,17)(H,16,18)(H,19,20). The highest BCUT2D eigenvalue weighted by Gasteiger charge is 2.04. The highest BCUT2D eigenvalue weighted by molar-refractivity contribution is 5.91. The molecule has 108 valence electrons. The number of rotatable bonds is 7. The van der Waals surface area contributed by atoms with E-state index in [1.54, 1.807) is 18.2 Å². The van der Waals surface area contributed by atoms with Gasteiger partial charge in [-0.2, -0.15) is 0 Å². The molecule has 1 aromatic carbocycles. The number of aliphatic carboxylic acids is 1. The van der Waals surface area contributed by atoms with Gasteiger partial charge in [0.2, 0.25) is 11.8 Å². The van der Waals surface area contributed by atoms with Crippen LogP contribution in [0.25, 0.3) is 0 Å². The van der Waals surface area contributed by atoms with Crippen molar-refractivity contribution in [1.82, 2.24) is 5.32 Å². The number of carboxylic acid groups (broad SMARTS) is 1. The third-order valence-electron chi connectivity index (χ3n) is 2.56. The molecular formula is C14H18N2O4. The highest BCUT2D eigenvalue weighted by atomic mass is 16.4. The lowest BCUT2D eigenvalue weighted by molar-refractivity contribution is -0.137. The van der Waals surface area contributed by atoms with E-state index in [4.69, 9.17) is 5.11 Å². The molecule has 0 bridgehead atoms. The lowest BCUT2D eigenvalue weighted by Gasteiger charge is -2.07. The van der Waals surface area contributed by atoms with Crippen LogP contribution in [0.5, 0.6) is 0 Å². The lowest BCUT2D eigenvalue weighted by atomic mass is 10.1. The number of anilines is 1. The molecule has 0 radical (unpaired) electrons. The molecule has 1 aromatic rings. The average molecular weight is 278 g/mol. The third kappa shape index (κ3) is 6.53. The van der Waals surface area contributed by atoms with Gasteiger partial charge in [0.1, 0.15) is 0 Å². The van der Waals surface area contributed by atoms with Crippen molar-refractivity contribution in [2.24, 2.45) is 0 Å². The molecule has 20 heavy (non-hydrogen) atoms. The summed E-state index contributed by atoms with van der Waals surface area (Å²) in [5.74, 6) is -1.22. The minimum Gasteiger partial charge on any atom is -0.481 e. The van der Waals surface area contributed by atoms with Gasteiger partial charge in [0.15, 0.2) is 0 Å². The van der Waals surface area contributed by atoms with Crippen molar-refractivity contribution >= 4 is 23.5 Å². The molecule has 0 saturated heterocycles. The second-order valence-corrected chi connectivity index (χ2v) is 4.38. The van der Waals surface area contributed by atoms with Gasteiger partial charge < -0.3 is 15.7 Å². The first-order valence-corrected chi connectivity index (χ1v) is 6.32. The number of nitrogens with one attached hydrogen (secondary N) is 2. The molecular weight excluding hydrogens is 260 g/mol. The molecule has 2 amide bonds. The van der Waals surface area contributed by atoms with Crippen molar-refractivity contribution in [2.75, 3.05) is 11.9 Å². The van der Waals surface area contributed by atoms with E-state index >= 15 is 0 Å². The van der Waals surface area contributed by atoms with Gasteiger partial charge in [0.25, 0.3) is 0 Å². The molecule has 0 saturated carbocycles. The van der Waals surface area contributed by atoms with Crippen LogP contribution in [0.1, 0.15) is 25.3 Å². The molecule has 0 aliphatic carbocycles. The van der Waals surface area contributed by atoms with Crippen LogP contribution in [0.2, 0.25) is 0 Å². The summed E-state index contributed by atoms with van der Waals surface area (Å²) in [7, 11) is 0. The van der Waals surface area contributed by atoms with Gasteiger partial charge in [-0.05, 0) is 24.1 Å². The Balaban J connectivity index is 2.46. The zero-order valence-corrected chi connectivity index (χ0v) is 11.3. The van der Waals surface area contributed by atoms with E-state index in [1.807, 2.05) is 6.07 Å². The van der Waals surface area contributed by atoms with Crippen molar-refractivity contribution in [3.8, 4) is 0 Å². The quantitative estimate of drug-likeness (QED) is 0.697. The molecule has 0 heterocycles. The maximum absolute atomic E-state index is 11.6. The Morgan fingerprint density at radius 1 is 1.20 bits per heavy atom. The zero-order chi connectivity index (χ0) is 15.0. The summed E-state index contributed by atoms with van der Waals surface area (Å²) >= 11 is 0. The minimum absolute atomic E-state index is 0.0555. The fourth-order valence-corrected chi connectivity index (χ4v) is 1.63. The summed E-state index contributed by atoms with van der Waals surface area (Å²) in [6.07, 6.45) is 0.670. The normalized spacial score (nSPS) is 9.85. The molecule has 6 nitrogen and oxygen atoms in total. The van der Waals surface area contributed by atoms with E-state index in [1.165, 1.54) is 6.92 Å². The Hall–Kier alpha value is -2.37. The van der Waals surface area contributed by atoms with Crippen LogP contribution in [0.15, 0.2) is 24.3 Å². The molecule has 0 spiro atoms. The lowest BCUT2D eigenvalue weighted by Crippen LogP contribution is -2.25. The Morgan fingerprint density at radius 3 is 2.60 bits per heavy atom. The summed E-state index contributed by atoms with van der Waals surface area (Å²) < 4.78 is 0. The van der Waals surface area contributed by atoms with Crippen LogP contribution < -0.4 is 10.6 Å².